The standard InChI is InChI=1S/C22H17N3O3S/c26-21(15-8-2-1-3-9-15)23-17-11-5-7-13-19(17)29-14-20-24-25-22(27)16-10-4-6-12-18(16)28-20/h1-13H,14H2,(H,23,26)(H,25,27). The Morgan fingerprint density at radius 3 is 2.55 bits per heavy atom. The molecule has 3 aromatic carbocycles. The molecule has 29 heavy (non-hydrogen) atoms. The van der Waals surface area contributed by atoms with E-state index >= 15 is 0 Å². The molecule has 0 saturated heterocycles. The molecule has 0 spiro atoms. The highest BCUT2D eigenvalue weighted by Crippen LogP contribution is 2.29. The third kappa shape index (κ3) is 4.47. The van der Waals surface area contributed by atoms with Crippen LogP contribution in [0, 0.1) is 0 Å². The van der Waals surface area contributed by atoms with E-state index in [0.29, 0.717) is 34.2 Å². The Labute approximate surface area is 172 Å². The molecule has 3 aromatic rings. The highest BCUT2D eigenvalue weighted by Gasteiger charge is 2.19. The maximum absolute atomic E-state index is 12.5. The van der Waals surface area contributed by atoms with Gasteiger partial charge in [0.2, 0.25) is 5.90 Å². The molecular formula is C22H17N3O3S. The average molecular weight is 403 g/mol. The van der Waals surface area contributed by atoms with E-state index in [1.807, 2.05) is 42.5 Å². The molecule has 0 aliphatic carbocycles. The summed E-state index contributed by atoms with van der Waals surface area (Å²) < 4.78 is 5.80. The molecular weight excluding hydrogens is 386 g/mol. The van der Waals surface area contributed by atoms with E-state index in [9.17, 15) is 9.59 Å². The van der Waals surface area contributed by atoms with Gasteiger partial charge < -0.3 is 10.1 Å². The van der Waals surface area contributed by atoms with Crippen LogP contribution in [-0.2, 0) is 0 Å². The SMILES string of the molecule is O=C(Nc1ccccc1SCC1=NNC(=O)c2ccccc2O1)c1ccccc1. The van der Waals surface area contributed by atoms with Gasteiger partial charge >= 0.3 is 0 Å². The molecule has 0 unspecified atom stereocenters. The lowest BCUT2D eigenvalue weighted by Crippen LogP contribution is -2.18. The first-order chi connectivity index (χ1) is 14.2. The minimum atomic E-state index is -0.309. The third-order valence-corrected chi connectivity index (χ3v) is 5.22. The monoisotopic (exact) mass is 403 g/mol. The number of carbonyl (C=O) groups is 2. The van der Waals surface area contributed by atoms with Crippen LogP contribution in [0.4, 0.5) is 5.69 Å². The lowest BCUT2D eigenvalue weighted by Gasteiger charge is -2.12. The summed E-state index contributed by atoms with van der Waals surface area (Å²) in [6, 6.07) is 23.5. The first-order valence-corrected chi connectivity index (χ1v) is 9.91. The fraction of sp³-hybridized carbons (Fsp3) is 0.0455. The number of fused-ring (bicyclic) bond motifs is 1. The first-order valence-electron chi connectivity index (χ1n) is 8.93. The Morgan fingerprint density at radius 2 is 1.69 bits per heavy atom. The zero-order valence-electron chi connectivity index (χ0n) is 15.3. The number of anilines is 1. The molecule has 0 aromatic heterocycles. The van der Waals surface area contributed by atoms with Gasteiger partial charge in [-0.25, -0.2) is 5.43 Å². The van der Waals surface area contributed by atoms with Crippen molar-refractivity contribution in [3.05, 3.63) is 90.0 Å². The number of rotatable bonds is 5. The first kappa shape index (κ1) is 18.8. The molecule has 1 heterocycles. The van der Waals surface area contributed by atoms with Crippen LogP contribution < -0.4 is 15.5 Å². The molecule has 6 nitrogen and oxygen atoms in total. The highest BCUT2D eigenvalue weighted by molar-refractivity contribution is 8.00. The van der Waals surface area contributed by atoms with Crippen molar-refractivity contribution in [2.45, 2.75) is 4.90 Å². The number of hydrazone groups is 1. The number of benzene rings is 3. The number of hydrogen-bond donors (Lipinski definition) is 2. The Bertz CT molecular complexity index is 1080. The van der Waals surface area contributed by atoms with Crippen LogP contribution in [0.2, 0.25) is 0 Å². The van der Waals surface area contributed by atoms with E-state index in [-0.39, 0.29) is 11.8 Å². The van der Waals surface area contributed by atoms with Crippen LogP contribution in [0.15, 0.2) is 88.9 Å². The molecule has 0 radical (unpaired) electrons. The summed E-state index contributed by atoms with van der Waals surface area (Å²) in [6.07, 6.45) is 0. The molecule has 0 bridgehead atoms. The van der Waals surface area contributed by atoms with Crippen LogP contribution in [0.1, 0.15) is 20.7 Å². The van der Waals surface area contributed by atoms with Gasteiger partial charge in [-0.15, -0.1) is 16.9 Å². The predicted octanol–water partition coefficient (Wildman–Crippen LogP) is 4.17. The zero-order chi connectivity index (χ0) is 20.1. The van der Waals surface area contributed by atoms with Crippen LogP contribution in [0.5, 0.6) is 5.75 Å². The van der Waals surface area contributed by atoms with E-state index in [1.165, 1.54) is 11.8 Å². The van der Waals surface area contributed by atoms with E-state index < -0.39 is 0 Å². The summed E-state index contributed by atoms with van der Waals surface area (Å²) in [4.78, 5) is 25.4. The lowest BCUT2D eigenvalue weighted by atomic mass is 10.2. The topological polar surface area (TPSA) is 79.8 Å². The van der Waals surface area contributed by atoms with Crippen molar-refractivity contribution in [2.24, 2.45) is 5.10 Å². The lowest BCUT2D eigenvalue weighted by molar-refractivity contribution is 0.0954. The van der Waals surface area contributed by atoms with Gasteiger partial charge in [0, 0.05) is 10.5 Å². The Morgan fingerprint density at radius 1 is 0.966 bits per heavy atom. The molecule has 2 N–H and O–H groups in total. The summed E-state index contributed by atoms with van der Waals surface area (Å²) in [5.41, 5.74) is 4.22. The predicted molar refractivity (Wildman–Crippen MR) is 114 cm³/mol. The van der Waals surface area contributed by atoms with Crippen molar-refractivity contribution >= 4 is 35.2 Å². The van der Waals surface area contributed by atoms with Gasteiger partial charge in [0.15, 0.2) is 0 Å². The maximum atomic E-state index is 12.5. The van der Waals surface area contributed by atoms with Gasteiger partial charge in [-0.1, -0.05) is 42.5 Å². The normalized spacial score (nSPS) is 12.7. The van der Waals surface area contributed by atoms with E-state index in [2.05, 4.69) is 15.8 Å². The summed E-state index contributed by atoms with van der Waals surface area (Å²) >= 11 is 1.45. The van der Waals surface area contributed by atoms with Crippen molar-refractivity contribution in [3.8, 4) is 5.75 Å². The zero-order valence-corrected chi connectivity index (χ0v) is 16.1. The smallest absolute Gasteiger partial charge is 0.275 e. The Balaban J connectivity index is 1.47. The second-order valence-corrected chi connectivity index (χ2v) is 7.17. The third-order valence-electron chi connectivity index (χ3n) is 4.16. The molecule has 0 atom stereocenters. The van der Waals surface area contributed by atoms with Crippen molar-refractivity contribution in [1.82, 2.24) is 5.43 Å². The Hall–Kier alpha value is -3.58. The molecule has 1 aliphatic heterocycles. The van der Waals surface area contributed by atoms with E-state index in [0.717, 1.165) is 4.90 Å². The number of thioether (sulfide) groups is 1. The van der Waals surface area contributed by atoms with Crippen molar-refractivity contribution in [3.63, 3.8) is 0 Å². The largest absolute Gasteiger partial charge is 0.440 e. The number of amides is 2. The summed E-state index contributed by atoms with van der Waals surface area (Å²) in [5.74, 6) is 0.733. The van der Waals surface area contributed by atoms with Gasteiger partial charge in [-0.3, -0.25) is 9.59 Å². The second kappa shape index (κ2) is 8.62. The molecule has 1 aliphatic rings. The molecule has 7 heteroatoms. The molecule has 2 amide bonds. The van der Waals surface area contributed by atoms with Crippen molar-refractivity contribution in [2.75, 3.05) is 11.1 Å². The summed E-state index contributed by atoms with van der Waals surface area (Å²) in [5, 5.41) is 7.00. The van der Waals surface area contributed by atoms with E-state index in [1.54, 1.807) is 36.4 Å². The fourth-order valence-electron chi connectivity index (χ4n) is 2.75. The van der Waals surface area contributed by atoms with Crippen LogP contribution in [0.25, 0.3) is 0 Å². The van der Waals surface area contributed by atoms with Crippen molar-refractivity contribution in [1.29, 1.82) is 0 Å². The molecule has 0 saturated carbocycles. The molecule has 0 fully saturated rings. The minimum Gasteiger partial charge on any atom is -0.440 e. The minimum absolute atomic E-state index is 0.178. The average Bonchev–Trinajstić information content (AvgIpc) is 2.92. The molecule has 144 valence electrons. The van der Waals surface area contributed by atoms with Crippen LogP contribution >= 0.6 is 11.8 Å². The van der Waals surface area contributed by atoms with Crippen LogP contribution in [0.3, 0.4) is 0 Å². The number of para-hydroxylation sites is 2. The number of ether oxygens (including phenoxy) is 1. The Kier molecular flexibility index (Phi) is 5.58. The molecule has 4 rings (SSSR count). The second-order valence-electron chi connectivity index (χ2n) is 6.15. The number of carbonyl (C=O) groups excluding carboxylic acids is 2. The quantitative estimate of drug-likeness (QED) is 0.627. The summed E-state index contributed by atoms with van der Waals surface area (Å²) in [6.45, 7) is 0. The van der Waals surface area contributed by atoms with Gasteiger partial charge in [-0.2, -0.15) is 0 Å². The number of nitrogens with one attached hydrogen (secondary N) is 2. The maximum Gasteiger partial charge on any atom is 0.275 e. The van der Waals surface area contributed by atoms with Gasteiger partial charge in [0.1, 0.15) is 5.75 Å². The highest BCUT2D eigenvalue weighted by atomic mass is 32.2. The van der Waals surface area contributed by atoms with Crippen molar-refractivity contribution < 1.29 is 14.3 Å². The van der Waals surface area contributed by atoms with E-state index in [4.69, 9.17) is 4.74 Å². The fourth-order valence-corrected chi connectivity index (χ4v) is 3.60. The number of nitrogens with zero attached hydrogens (tertiary/aromatic N) is 1. The van der Waals surface area contributed by atoms with Crippen LogP contribution in [-0.4, -0.2) is 23.5 Å². The van der Waals surface area contributed by atoms with Gasteiger partial charge in [0.25, 0.3) is 11.8 Å². The number of hydrogen-bond acceptors (Lipinski definition) is 5. The summed E-state index contributed by atoms with van der Waals surface area (Å²) in [7, 11) is 0. The van der Waals surface area contributed by atoms with Gasteiger partial charge in [0.05, 0.1) is 17.0 Å². The van der Waals surface area contributed by atoms with Gasteiger partial charge in [-0.05, 0) is 36.4 Å².